The maximum atomic E-state index is 13.4. The summed E-state index contributed by atoms with van der Waals surface area (Å²) in [5, 5.41) is 12.8. The van der Waals surface area contributed by atoms with Gasteiger partial charge in [0.15, 0.2) is 11.4 Å². The molecular weight excluding hydrogens is 480 g/mol. The van der Waals surface area contributed by atoms with E-state index in [1.165, 1.54) is 29.2 Å². The predicted octanol–water partition coefficient (Wildman–Crippen LogP) is 6.31. The Kier molecular flexibility index (Phi) is 6.03. The number of hydrogen-bond acceptors (Lipinski definition) is 3. The third-order valence-corrected chi connectivity index (χ3v) is 6.38. The minimum atomic E-state index is -2.10. The largest absolute Gasteiger partial charge is 0.375 e. The monoisotopic (exact) mass is 493 g/mol. The lowest BCUT2D eigenvalue weighted by Gasteiger charge is -2.23. The Morgan fingerprint density at radius 3 is 2.29 bits per heavy atom. The van der Waals surface area contributed by atoms with Crippen molar-refractivity contribution in [3.63, 3.8) is 0 Å². The van der Waals surface area contributed by atoms with E-state index in [0.29, 0.717) is 26.3 Å². The third-order valence-electron chi connectivity index (χ3n) is 5.23. The molecule has 0 bridgehead atoms. The molecule has 4 rings (SSSR count). The van der Waals surface area contributed by atoms with Gasteiger partial charge in [-0.1, -0.05) is 64.6 Å². The molecule has 1 N–H and O–H groups in total. The van der Waals surface area contributed by atoms with Crippen LogP contribution in [0.3, 0.4) is 0 Å². The fourth-order valence-corrected chi connectivity index (χ4v) is 4.57. The second kappa shape index (κ2) is 8.45. The molecule has 0 aromatic heterocycles. The van der Waals surface area contributed by atoms with Gasteiger partial charge in [0.1, 0.15) is 0 Å². The van der Waals surface area contributed by atoms with Gasteiger partial charge >= 0.3 is 0 Å². The maximum Gasteiger partial charge on any atom is 0.264 e. The van der Waals surface area contributed by atoms with Gasteiger partial charge in [0.2, 0.25) is 0 Å². The second-order valence-corrected chi connectivity index (χ2v) is 8.92. The number of hydrogen-bond donors (Lipinski definition) is 1. The van der Waals surface area contributed by atoms with E-state index in [1.807, 2.05) is 6.07 Å². The van der Waals surface area contributed by atoms with Crippen molar-refractivity contribution in [1.82, 2.24) is 0 Å². The zero-order valence-electron chi connectivity index (χ0n) is 15.9. The molecule has 0 radical (unpaired) electrons. The van der Waals surface area contributed by atoms with E-state index in [-0.39, 0.29) is 22.7 Å². The normalized spacial score (nSPS) is 17.7. The van der Waals surface area contributed by atoms with Crippen LogP contribution < -0.4 is 4.90 Å². The van der Waals surface area contributed by atoms with Crippen LogP contribution in [0.2, 0.25) is 20.1 Å². The molecule has 0 saturated carbocycles. The van der Waals surface area contributed by atoms with E-state index in [9.17, 15) is 14.7 Å². The summed E-state index contributed by atoms with van der Waals surface area (Å²) in [6.45, 7) is 0.130. The number of carbonyl (C=O) groups excluding carboxylic acids is 2. The van der Waals surface area contributed by atoms with Crippen LogP contribution in [0.5, 0.6) is 0 Å². The minimum absolute atomic E-state index is 0.130. The fourth-order valence-electron chi connectivity index (χ4n) is 3.69. The van der Waals surface area contributed by atoms with Gasteiger partial charge in [-0.25, -0.2) is 0 Å². The van der Waals surface area contributed by atoms with Gasteiger partial charge in [0.05, 0.1) is 23.7 Å². The van der Waals surface area contributed by atoms with Gasteiger partial charge in [-0.3, -0.25) is 9.59 Å². The smallest absolute Gasteiger partial charge is 0.264 e. The highest BCUT2D eigenvalue weighted by Gasteiger charge is 2.51. The first-order chi connectivity index (χ1) is 14.7. The summed E-state index contributed by atoms with van der Waals surface area (Å²) in [6.07, 6.45) is -0.500. The molecule has 1 heterocycles. The first-order valence-electron chi connectivity index (χ1n) is 9.27. The molecule has 0 aliphatic carbocycles. The van der Waals surface area contributed by atoms with Gasteiger partial charge in [-0.05, 0) is 48.0 Å². The van der Waals surface area contributed by atoms with Crippen LogP contribution in [0.4, 0.5) is 5.69 Å². The molecule has 4 nitrogen and oxygen atoms in total. The summed E-state index contributed by atoms with van der Waals surface area (Å²) in [6, 6.07) is 16.3. The lowest BCUT2D eigenvalue weighted by atomic mass is 9.88. The van der Waals surface area contributed by atoms with Crippen molar-refractivity contribution >= 4 is 63.8 Å². The zero-order chi connectivity index (χ0) is 22.3. The number of aliphatic hydroxyl groups is 1. The molecule has 3 aromatic carbocycles. The molecule has 8 heteroatoms. The topological polar surface area (TPSA) is 57.6 Å². The van der Waals surface area contributed by atoms with Gasteiger partial charge in [-0.15, -0.1) is 0 Å². The number of halogens is 4. The summed E-state index contributed by atoms with van der Waals surface area (Å²) in [5.41, 5.74) is -0.501. The summed E-state index contributed by atoms with van der Waals surface area (Å²) >= 11 is 24.5. The number of amides is 1. The number of carbonyl (C=O) groups is 2. The Labute approximate surface area is 198 Å². The average molecular weight is 495 g/mol. The van der Waals surface area contributed by atoms with Crippen molar-refractivity contribution in [2.75, 3.05) is 4.90 Å². The number of nitrogens with zero attached hydrogens (tertiary/aromatic N) is 1. The standard InChI is InChI=1S/C23H15Cl4NO3/c24-14-6-8-20-17(9-14)23(31,11-21(29)16-7-5-15(25)10-19(16)27)22(30)28(20)12-13-3-1-2-4-18(13)26/h1-10,31H,11-12H2. The van der Waals surface area contributed by atoms with Gasteiger partial charge in [0.25, 0.3) is 5.91 Å². The first kappa shape index (κ1) is 22.1. The van der Waals surface area contributed by atoms with E-state index in [1.54, 1.807) is 30.3 Å². The number of Topliss-reactive ketones (excluding diaryl/α,β-unsaturated/α-hetero) is 1. The molecule has 1 atom stereocenters. The number of ketones is 1. The molecule has 0 spiro atoms. The van der Waals surface area contributed by atoms with Crippen LogP contribution in [-0.4, -0.2) is 16.8 Å². The minimum Gasteiger partial charge on any atom is -0.375 e. The number of rotatable bonds is 5. The Morgan fingerprint density at radius 1 is 0.903 bits per heavy atom. The van der Waals surface area contributed by atoms with Gasteiger partial charge in [0, 0.05) is 26.2 Å². The Bertz CT molecular complexity index is 1210. The Balaban J connectivity index is 1.73. The van der Waals surface area contributed by atoms with Crippen LogP contribution in [0.15, 0.2) is 60.7 Å². The molecule has 31 heavy (non-hydrogen) atoms. The maximum absolute atomic E-state index is 13.4. The summed E-state index contributed by atoms with van der Waals surface area (Å²) in [7, 11) is 0. The zero-order valence-corrected chi connectivity index (χ0v) is 18.9. The lowest BCUT2D eigenvalue weighted by Crippen LogP contribution is -2.41. The van der Waals surface area contributed by atoms with Crippen LogP contribution in [-0.2, 0) is 16.9 Å². The number of anilines is 1. The van der Waals surface area contributed by atoms with Crippen LogP contribution in [0, 0.1) is 0 Å². The Morgan fingerprint density at radius 2 is 1.58 bits per heavy atom. The Hall–Kier alpha value is -2.08. The number of fused-ring (bicyclic) bond motifs is 1. The molecule has 1 aliphatic heterocycles. The molecule has 1 aliphatic rings. The van der Waals surface area contributed by atoms with Crippen LogP contribution >= 0.6 is 46.4 Å². The molecule has 0 fully saturated rings. The molecule has 0 saturated heterocycles. The van der Waals surface area contributed by atoms with Crippen LogP contribution in [0.1, 0.15) is 27.9 Å². The van der Waals surface area contributed by atoms with Crippen LogP contribution in [0.25, 0.3) is 0 Å². The van der Waals surface area contributed by atoms with Crippen molar-refractivity contribution in [2.24, 2.45) is 0 Å². The van der Waals surface area contributed by atoms with E-state index in [2.05, 4.69) is 0 Å². The lowest BCUT2D eigenvalue weighted by molar-refractivity contribution is -0.136. The highest BCUT2D eigenvalue weighted by Crippen LogP contribution is 2.45. The average Bonchev–Trinajstić information content (AvgIpc) is 2.91. The van der Waals surface area contributed by atoms with Crippen molar-refractivity contribution in [3.8, 4) is 0 Å². The molecule has 1 unspecified atom stereocenters. The van der Waals surface area contributed by atoms with E-state index >= 15 is 0 Å². The molecule has 158 valence electrons. The molecular formula is C23H15Cl4NO3. The van der Waals surface area contributed by atoms with Crippen molar-refractivity contribution < 1.29 is 14.7 Å². The molecule has 3 aromatic rings. The second-order valence-electron chi connectivity index (χ2n) is 7.23. The van der Waals surface area contributed by atoms with E-state index < -0.39 is 23.7 Å². The summed E-state index contributed by atoms with van der Waals surface area (Å²) < 4.78 is 0. The number of benzene rings is 3. The van der Waals surface area contributed by atoms with Crippen molar-refractivity contribution in [2.45, 2.75) is 18.6 Å². The van der Waals surface area contributed by atoms with Crippen molar-refractivity contribution in [3.05, 3.63) is 97.4 Å². The summed E-state index contributed by atoms with van der Waals surface area (Å²) in [5.74, 6) is -1.13. The first-order valence-corrected chi connectivity index (χ1v) is 10.8. The highest BCUT2D eigenvalue weighted by molar-refractivity contribution is 6.37. The SMILES string of the molecule is O=C(CC1(O)C(=O)N(Cc2ccccc2Cl)c2ccc(Cl)cc21)c1ccc(Cl)cc1Cl. The highest BCUT2D eigenvalue weighted by atomic mass is 35.5. The molecule has 1 amide bonds. The van der Waals surface area contributed by atoms with E-state index in [0.717, 1.165) is 0 Å². The van der Waals surface area contributed by atoms with E-state index in [4.69, 9.17) is 46.4 Å². The fraction of sp³-hybridized carbons (Fsp3) is 0.130. The quantitative estimate of drug-likeness (QED) is 0.423. The third kappa shape index (κ3) is 4.07. The summed E-state index contributed by atoms with van der Waals surface area (Å²) in [4.78, 5) is 27.8. The van der Waals surface area contributed by atoms with Gasteiger partial charge in [-0.2, -0.15) is 0 Å². The predicted molar refractivity (Wildman–Crippen MR) is 123 cm³/mol. The van der Waals surface area contributed by atoms with Crippen molar-refractivity contribution in [1.29, 1.82) is 0 Å². The van der Waals surface area contributed by atoms with Gasteiger partial charge < -0.3 is 10.0 Å².